The maximum absolute atomic E-state index is 14.0. The molecule has 8 heteroatoms. The molecule has 26 heavy (non-hydrogen) atoms. The molecule has 1 amide bonds. The van der Waals surface area contributed by atoms with Gasteiger partial charge in [-0.25, -0.2) is 9.18 Å². The van der Waals surface area contributed by atoms with Crippen LogP contribution in [-0.2, 0) is 4.74 Å². The Kier molecular flexibility index (Phi) is 5.51. The lowest BCUT2D eigenvalue weighted by atomic mass is 10.1. The van der Waals surface area contributed by atoms with E-state index in [-0.39, 0.29) is 23.8 Å². The molecule has 1 atom stereocenters. The molecule has 3 rings (SSSR count). The number of nitrogens with zero attached hydrogens (tertiary/aromatic N) is 4. The van der Waals surface area contributed by atoms with Crippen molar-refractivity contribution >= 4 is 6.09 Å². The molecule has 1 fully saturated rings. The number of piperazine rings is 1. The Morgan fingerprint density at radius 3 is 2.73 bits per heavy atom. The van der Waals surface area contributed by atoms with Gasteiger partial charge < -0.3 is 14.1 Å². The first-order valence-corrected chi connectivity index (χ1v) is 8.75. The lowest BCUT2D eigenvalue weighted by Crippen LogP contribution is -2.49. The number of rotatable bonds is 4. The van der Waals surface area contributed by atoms with Crippen LogP contribution in [0.2, 0.25) is 0 Å². The highest BCUT2D eigenvalue weighted by Gasteiger charge is 2.28. The summed E-state index contributed by atoms with van der Waals surface area (Å²) in [4.78, 5) is 15.6. The minimum Gasteiger partial charge on any atom is -0.450 e. The minimum atomic E-state index is -0.387. The molecule has 0 N–H and O–H groups in total. The Morgan fingerprint density at radius 2 is 2.04 bits per heavy atom. The quantitative estimate of drug-likeness (QED) is 0.833. The number of carbonyl (C=O) groups excluding carboxylic acids is 1. The Bertz CT molecular complexity index is 772. The molecule has 0 saturated carbocycles. The van der Waals surface area contributed by atoms with Crippen molar-refractivity contribution in [2.45, 2.75) is 26.8 Å². The zero-order valence-electron chi connectivity index (χ0n) is 15.2. The first-order valence-electron chi connectivity index (χ1n) is 8.75. The zero-order valence-corrected chi connectivity index (χ0v) is 15.2. The average molecular weight is 362 g/mol. The van der Waals surface area contributed by atoms with E-state index in [9.17, 15) is 9.18 Å². The highest BCUT2D eigenvalue weighted by Crippen LogP contribution is 2.27. The van der Waals surface area contributed by atoms with Gasteiger partial charge in [0.15, 0.2) is 0 Å². The number of benzene rings is 1. The molecular weight excluding hydrogens is 339 g/mol. The van der Waals surface area contributed by atoms with Gasteiger partial charge in [0.05, 0.1) is 18.2 Å². The summed E-state index contributed by atoms with van der Waals surface area (Å²) in [5, 5.41) is 8.10. The van der Waals surface area contributed by atoms with Gasteiger partial charge in [-0.2, -0.15) is 0 Å². The Morgan fingerprint density at radius 1 is 1.31 bits per heavy atom. The summed E-state index contributed by atoms with van der Waals surface area (Å²) in [6.45, 7) is 8.52. The molecule has 2 heterocycles. The summed E-state index contributed by atoms with van der Waals surface area (Å²) in [5.41, 5.74) is 1.23. The van der Waals surface area contributed by atoms with Crippen LogP contribution in [0, 0.1) is 12.7 Å². The van der Waals surface area contributed by atoms with Crippen molar-refractivity contribution in [3.05, 3.63) is 35.5 Å². The van der Waals surface area contributed by atoms with Gasteiger partial charge in [0.25, 0.3) is 5.89 Å². The van der Waals surface area contributed by atoms with Crippen molar-refractivity contribution in [1.29, 1.82) is 0 Å². The molecule has 1 aromatic carbocycles. The van der Waals surface area contributed by atoms with Gasteiger partial charge in [0, 0.05) is 26.2 Å². The summed E-state index contributed by atoms with van der Waals surface area (Å²) >= 11 is 0. The fourth-order valence-corrected chi connectivity index (χ4v) is 2.98. The van der Waals surface area contributed by atoms with E-state index in [2.05, 4.69) is 15.1 Å². The van der Waals surface area contributed by atoms with Crippen molar-refractivity contribution in [3.63, 3.8) is 0 Å². The van der Waals surface area contributed by atoms with Crippen molar-refractivity contribution in [2.75, 3.05) is 32.8 Å². The van der Waals surface area contributed by atoms with Crippen LogP contribution in [0.4, 0.5) is 9.18 Å². The van der Waals surface area contributed by atoms with E-state index in [0.717, 1.165) is 5.56 Å². The summed E-state index contributed by atoms with van der Waals surface area (Å²) in [5.74, 6) is 0.227. The fourth-order valence-electron chi connectivity index (χ4n) is 2.98. The largest absolute Gasteiger partial charge is 0.450 e. The van der Waals surface area contributed by atoms with Crippen LogP contribution in [0.15, 0.2) is 22.6 Å². The minimum absolute atomic E-state index is 0.117. The van der Waals surface area contributed by atoms with Gasteiger partial charge in [0.1, 0.15) is 5.82 Å². The van der Waals surface area contributed by atoms with Crippen molar-refractivity contribution in [1.82, 2.24) is 20.0 Å². The van der Waals surface area contributed by atoms with Gasteiger partial charge in [-0.3, -0.25) is 4.90 Å². The summed E-state index contributed by atoms with van der Waals surface area (Å²) < 4.78 is 24.8. The summed E-state index contributed by atoms with van der Waals surface area (Å²) in [7, 11) is 0. The Balaban J connectivity index is 1.66. The van der Waals surface area contributed by atoms with Crippen LogP contribution >= 0.6 is 0 Å². The maximum Gasteiger partial charge on any atom is 0.409 e. The van der Waals surface area contributed by atoms with E-state index in [1.54, 1.807) is 24.0 Å². The van der Waals surface area contributed by atoms with Crippen LogP contribution in [-0.4, -0.2) is 58.9 Å². The molecule has 0 radical (unpaired) electrons. The van der Waals surface area contributed by atoms with E-state index < -0.39 is 0 Å². The average Bonchev–Trinajstić information content (AvgIpc) is 3.13. The lowest BCUT2D eigenvalue weighted by molar-refractivity contribution is 0.0642. The smallest absolute Gasteiger partial charge is 0.409 e. The number of aromatic nitrogens is 2. The molecule has 1 unspecified atom stereocenters. The third-order valence-corrected chi connectivity index (χ3v) is 4.54. The second kappa shape index (κ2) is 7.82. The predicted octanol–water partition coefficient (Wildman–Crippen LogP) is 3.02. The van der Waals surface area contributed by atoms with E-state index in [1.165, 1.54) is 6.07 Å². The third kappa shape index (κ3) is 3.85. The number of ether oxygens (including phenoxy) is 1. The van der Waals surface area contributed by atoms with Gasteiger partial charge in [-0.15, -0.1) is 10.2 Å². The molecule has 0 bridgehead atoms. The first kappa shape index (κ1) is 18.3. The van der Waals surface area contributed by atoms with E-state index in [1.807, 2.05) is 13.8 Å². The van der Waals surface area contributed by atoms with Gasteiger partial charge in [-0.05, 0) is 32.9 Å². The molecule has 1 aliphatic rings. The Hall–Kier alpha value is -2.48. The van der Waals surface area contributed by atoms with E-state index in [0.29, 0.717) is 44.2 Å². The standard InChI is InChI=1S/C18H23FN4O3/c1-4-25-18(24)23-9-7-22(8-10-23)13(3)16-20-21-17(26-16)14-11-12(2)5-6-15(14)19/h5-6,11,13H,4,7-10H2,1-3H3. The third-order valence-electron chi connectivity index (χ3n) is 4.54. The monoisotopic (exact) mass is 362 g/mol. The molecule has 1 aliphatic heterocycles. The second-order valence-electron chi connectivity index (χ2n) is 6.33. The lowest BCUT2D eigenvalue weighted by Gasteiger charge is -2.36. The van der Waals surface area contributed by atoms with Gasteiger partial charge in [-0.1, -0.05) is 11.6 Å². The molecular formula is C18H23FN4O3. The molecule has 2 aromatic rings. The molecule has 7 nitrogen and oxygen atoms in total. The van der Waals surface area contributed by atoms with Crippen LogP contribution in [0.25, 0.3) is 11.5 Å². The molecule has 0 spiro atoms. The summed E-state index contributed by atoms with van der Waals surface area (Å²) in [6.07, 6.45) is -0.283. The fraction of sp³-hybridized carbons (Fsp3) is 0.500. The second-order valence-corrected chi connectivity index (χ2v) is 6.33. The summed E-state index contributed by atoms with van der Waals surface area (Å²) in [6, 6.07) is 4.66. The number of carbonyl (C=O) groups is 1. The number of hydrogen-bond acceptors (Lipinski definition) is 6. The van der Waals surface area contributed by atoms with E-state index >= 15 is 0 Å². The van der Waals surface area contributed by atoms with Crippen molar-refractivity contribution in [2.24, 2.45) is 0 Å². The Labute approximate surface area is 151 Å². The van der Waals surface area contributed by atoms with Gasteiger partial charge in [0.2, 0.25) is 5.89 Å². The number of hydrogen-bond donors (Lipinski definition) is 0. The highest BCUT2D eigenvalue weighted by atomic mass is 19.1. The molecule has 1 saturated heterocycles. The van der Waals surface area contributed by atoms with Crippen LogP contribution in [0.1, 0.15) is 31.3 Å². The van der Waals surface area contributed by atoms with Crippen LogP contribution in [0.5, 0.6) is 0 Å². The van der Waals surface area contributed by atoms with Crippen molar-refractivity contribution in [3.8, 4) is 11.5 Å². The normalized spacial score (nSPS) is 16.5. The first-order chi connectivity index (χ1) is 12.5. The predicted molar refractivity (Wildman–Crippen MR) is 93.0 cm³/mol. The van der Waals surface area contributed by atoms with Crippen LogP contribution in [0.3, 0.4) is 0 Å². The number of amides is 1. The molecule has 0 aliphatic carbocycles. The van der Waals surface area contributed by atoms with Crippen molar-refractivity contribution < 1.29 is 18.3 Å². The zero-order chi connectivity index (χ0) is 18.7. The topological polar surface area (TPSA) is 71.7 Å². The van der Waals surface area contributed by atoms with Crippen LogP contribution < -0.4 is 0 Å². The molecule has 1 aromatic heterocycles. The number of aryl methyl sites for hydroxylation is 1. The highest BCUT2D eigenvalue weighted by molar-refractivity contribution is 5.67. The molecule has 140 valence electrons. The maximum atomic E-state index is 14.0. The van der Waals surface area contributed by atoms with E-state index in [4.69, 9.17) is 9.15 Å². The van der Waals surface area contributed by atoms with Gasteiger partial charge >= 0.3 is 6.09 Å². The SMILES string of the molecule is CCOC(=O)N1CCN(C(C)c2nnc(-c3cc(C)ccc3F)o2)CC1. The number of halogens is 1.